The van der Waals surface area contributed by atoms with Gasteiger partial charge in [-0.2, -0.15) is 0 Å². The first-order valence-electron chi connectivity index (χ1n) is 6.11. The smallest absolute Gasteiger partial charge is 0.0918 e. The molecular formula is C13H21ClN4. The molecule has 1 aromatic carbocycles. The summed E-state index contributed by atoms with van der Waals surface area (Å²) in [7, 11) is 0. The van der Waals surface area contributed by atoms with Gasteiger partial charge in [0, 0.05) is 44.8 Å². The summed E-state index contributed by atoms with van der Waals surface area (Å²) in [5.74, 6) is 0.287. The third-order valence-corrected chi connectivity index (χ3v) is 3.19. The highest BCUT2D eigenvalue weighted by atomic mass is 35.5. The number of nitrogens with two attached hydrogens (primary N) is 1. The van der Waals surface area contributed by atoms with Crippen molar-refractivity contribution in [3.8, 4) is 0 Å². The highest BCUT2D eigenvalue weighted by Gasteiger charge is 2.16. The molecule has 4 nitrogen and oxygen atoms in total. The Hall–Kier alpha value is -1.26. The molecule has 1 heterocycles. The summed E-state index contributed by atoms with van der Waals surface area (Å²) in [5, 5.41) is 7.23. The van der Waals surface area contributed by atoms with Crippen LogP contribution < -0.4 is 10.6 Å². The molecule has 0 saturated carbocycles. The van der Waals surface area contributed by atoms with E-state index in [1.807, 2.05) is 6.07 Å². The van der Waals surface area contributed by atoms with Crippen LogP contribution >= 0.6 is 12.4 Å². The summed E-state index contributed by atoms with van der Waals surface area (Å²) < 4.78 is 0. The predicted octanol–water partition coefficient (Wildman–Crippen LogP) is 1.56. The van der Waals surface area contributed by atoms with Crippen LogP contribution in [-0.4, -0.2) is 43.5 Å². The van der Waals surface area contributed by atoms with Crippen LogP contribution in [0.1, 0.15) is 6.42 Å². The van der Waals surface area contributed by atoms with Gasteiger partial charge in [-0.25, -0.2) is 0 Å². The monoisotopic (exact) mass is 268 g/mol. The van der Waals surface area contributed by atoms with Crippen molar-refractivity contribution in [3.63, 3.8) is 0 Å². The lowest BCUT2D eigenvalue weighted by Gasteiger charge is -2.36. The van der Waals surface area contributed by atoms with Gasteiger partial charge in [0.05, 0.1) is 5.84 Å². The maximum atomic E-state index is 7.23. The van der Waals surface area contributed by atoms with Crippen molar-refractivity contribution in [3.05, 3.63) is 30.3 Å². The highest BCUT2D eigenvalue weighted by Crippen LogP contribution is 2.15. The van der Waals surface area contributed by atoms with Crippen molar-refractivity contribution in [1.29, 1.82) is 5.41 Å². The molecule has 0 aromatic heterocycles. The average molecular weight is 269 g/mol. The Morgan fingerprint density at radius 2 is 1.72 bits per heavy atom. The fourth-order valence-electron chi connectivity index (χ4n) is 2.15. The zero-order valence-electron chi connectivity index (χ0n) is 10.5. The van der Waals surface area contributed by atoms with Gasteiger partial charge in [0.2, 0.25) is 0 Å². The van der Waals surface area contributed by atoms with Crippen molar-refractivity contribution in [1.82, 2.24) is 4.90 Å². The number of piperazine rings is 1. The molecule has 3 N–H and O–H groups in total. The number of hydrogen-bond donors (Lipinski definition) is 2. The van der Waals surface area contributed by atoms with Crippen LogP contribution in [0.15, 0.2) is 30.3 Å². The number of nitrogens with one attached hydrogen (secondary N) is 1. The third kappa shape index (κ3) is 4.20. The zero-order valence-corrected chi connectivity index (χ0v) is 11.3. The molecule has 0 atom stereocenters. The summed E-state index contributed by atoms with van der Waals surface area (Å²) >= 11 is 0. The molecule has 0 spiro atoms. The molecule has 0 amide bonds. The molecule has 18 heavy (non-hydrogen) atoms. The van der Waals surface area contributed by atoms with E-state index >= 15 is 0 Å². The Kier molecular flexibility index (Phi) is 5.95. The molecule has 1 fully saturated rings. The van der Waals surface area contributed by atoms with Crippen molar-refractivity contribution < 1.29 is 0 Å². The van der Waals surface area contributed by atoms with Crippen LogP contribution in [0.3, 0.4) is 0 Å². The van der Waals surface area contributed by atoms with Gasteiger partial charge in [0.1, 0.15) is 0 Å². The van der Waals surface area contributed by atoms with Crippen molar-refractivity contribution in [2.24, 2.45) is 5.73 Å². The Morgan fingerprint density at radius 3 is 2.28 bits per heavy atom. The maximum Gasteiger partial charge on any atom is 0.0918 e. The van der Waals surface area contributed by atoms with Gasteiger partial charge in [-0.1, -0.05) is 18.2 Å². The number of para-hydroxylation sites is 1. The van der Waals surface area contributed by atoms with Crippen molar-refractivity contribution in [2.45, 2.75) is 6.42 Å². The quantitative estimate of drug-likeness (QED) is 0.644. The summed E-state index contributed by atoms with van der Waals surface area (Å²) in [5.41, 5.74) is 6.68. The molecule has 100 valence electrons. The van der Waals surface area contributed by atoms with Gasteiger partial charge in [-0.3, -0.25) is 10.3 Å². The molecule has 1 aromatic rings. The van der Waals surface area contributed by atoms with Crippen LogP contribution in [-0.2, 0) is 0 Å². The summed E-state index contributed by atoms with van der Waals surface area (Å²) in [4.78, 5) is 4.78. The standard InChI is InChI=1S/C13H20N4.ClH/c14-13(15)6-7-16-8-10-17(11-9-16)12-4-2-1-3-5-12;/h1-5H,6-11H2,(H3,14,15);1H. The van der Waals surface area contributed by atoms with Crippen molar-refractivity contribution >= 4 is 23.9 Å². The summed E-state index contributed by atoms with van der Waals surface area (Å²) in [6.07, 6.45) is 0.686. The second-order valence-electron chi connectivity index (χ2n) is 4.44. The third-order valence-electron chi connectivity index (χ3n) is 3.19. The van der Waals surface area contributed by atoms with Crippen LogP contribution in [0.2, 0.25) is 0 Å². The SMILES string of the molecule is Cl.N=C(N)CCN1CCN(c2ccccc2)CC1. The lowest BCUT2D eigenvalue weighted by atomic mass is 10.2. The predicted molar refractivity (Wildman–Crippen MR) is 78.9 cm³/mol. The van der Waals surface area contributed by atoms with Gasteiger partial charge in [-0.05, 0) is 12.1 Å². The lowest BCUT2D eigenvalue weighted by Crippen LogP contribution is -2.47. The molecule has 0 aliphatic carbocycles. The van der Waals surface area contributed by atoms with Gasteiger partial charge in [0.15, 0.2) is 0 Å². The Bertz CT molecular complexity index is 361. The Balaban J connectivity index is 0.00000162. The van der Waals surface area contributed by atoms with E-state index in [0.29, 0.717) is 6.42 Å². The lowest BCUT2D eigenvalue weighted by molar-refractivity contribution is 0.264. The van der Waals surface area contributed by atoms with Gasteiger partial charge < -0.3 is 10.6 Å². The zero-order chi connectivity index (χ0) is 12.1. The highest BCUT2D eigenvalue weighted by molar-refractivity contribution is 5.85. The van der Waals surface area contributed by atoms with Gasteiger partial charge >= 0.3 is 0 Å². The number of amidine groups is 1. The first-order chi connectivity index (χ1) is 8.25. The molecule has 0 unspecified atom stereocenters. The van der Waals surface area contributed by atoms with E-state index in [9.17, 15) is 0 Å². The van der Waals surface area contributed by atoms with E-state index in [2.05, 4.69) is 34.1 Å². The molecule has 1 aliphatic rings. The minimum absolute atomic E-state index is 0. The molecule has 5 heteroatoms. The number of nitrogens with zero attached hydrogens (tertiary/aromatic N) is 2. The van der Waals surface area contributed by atoms with E-state index in [-0.39, 0.29) is 18.2 Å². The van der Waals surface area contributed by atoms with Crippen LogP contribution in [0, 0.1) is 5.41 Å². The van der Waals surface area contributed by atoms with E-state index in [1.54, 1.807) is 0 Å². The Morgan fingerprint density at radius 1 is 1.11 bits per heavy atom. The van der Waals surface area contributed by atoms with E-state index in [4.69, 9.17) is 11.1 Å². The van der Waals surface area contributed by atoms with Gasteiger partial charge in [0.25, 0.3) is 0 Å². The molecule has 0 bridgehead atoms. The first kappa shape index (κ1) is 14.8. The number of halogens is 1. The van der Waals surface area contributed by atoms with E-state index in [0.717, 1.165) is 32.7 Å². The molecule has 1 saturated heterocycles. The van der Waals surface area contributed by atoms with Crippen LogP contribution in [0.4, 0.5) is 5.69 Å². The largest absolute Gasteiger partial charge is 0.388 e. The molecule has 1 aliphatic heterocycles. The normalized spacial score (nSPS) is 16.1. The second-order valence-corrected chi connectivity index (χ2v) is 4.44. The van der Waals surface area contributed by atoms with Crippen molar-refractivity contribution in [2.75, 3.05) is 37.6 Å². The minimum Gasteiger partial charge on any atom is -0.388 e. The molecular weight excluding hydrogens is 248 g/mol. The van der Waals surface area contributed by atoms with Crippen LogP contribution in [0.25, 0.3) is 0 Å². The number of hydrogen-bond acceptors (Lipinski definition) is 3. The van der Waals surface area contributed by atoms with Crippen LogP contribution in [0.5, 0.6) is 0 Å². The summed E-state index contributed by atoms with van der Waals surface area (Å²) in [6, 6.07) is 10.5. The van der Waals surface area contributed by atoms with E-state index < -0.39 is 0 Å². The number of rotatable bonds is 4. The average Bonchev–Trinajstić information content (AvgIpc) is 2.38. The molecule has 2 rings (SSSR count). The fourth-order valence-corrected chi connectivity index (χ4v) is 2.15. The Labute approximate surface area is 115 Å². The second kappa shape index (κ2) is 7.24. The first-order valence-corrected chi connectivity index (χ1v) is 6.11. The number of anilines is 1. The fraction of sp³-hybridized carbons (Fsp3) is 0.462. The summed E-state index contributed by atoms with van der Waals surface area (Å²) in [6.45, 7) is 5.14. The maximum absolute atomic E-state index is 7.23. The van der Waals surface area contributed by atoms with E-state index in [1.165, 1.54) is 5.69 Å². The van der Waals surface area contributed by atoms with Gasteiger partial charge in [-0.15, -0.1) is 12.4 Å². The number of benzene rings is 1. The topological polar surface area (TPSA) is 56.4 Å². The minimum atomic E-state index is 0. The molecule has 0 radical (unpaired) electrons.